The molecule has 0 spiro atoms. The third-order valence-corrected chi connectivity index (χ3v) is 4.75. The summed E-state index contributed by atoms with van der Waals surface area (Å²) in [6.07, 6.45) is 4.06. The summed E-state index contributed by atoms with van der Waals surface area (Å²) in [6.45, 7) is -0.109. The normalized spacial score (nSPS) is 12.3. The average molecular weight is 396 g/mol. The van der Waals surface area contributed by atoms with E-state index in [1.165, 1.54) is 35.0 Å². The molecule has 0 bridgehead atoms. The summed E-state index contributed by atoms with van der Waals surface area (Å²) in [7, 11) is -3.90. The largest absolute Gasteiger partial charge is 0.318 e. The number of aryl methyl sites for hydroxylation is 1. The lowest BCUT2D eigenvalue weighted by Gasteiger charge is -2.09. The van der Waals surface area contributed by atoms with Gasteiger partial charge in [-0.1, -0.05) is 0 Å². The number of aromatic nitrogens is 3. The lowest BCUT2D eigenvalue weighted by Crippen LogP contribution is -2.16. The molecule has 6 nitrogen and oxygen atoms in total. The molecule has 0 saturated carbocycles. The van der Waals surface area contributed by atoms with Crippen LogP contribution in [0.1, 0.15) is 11.3 Å². The maximum atomic E-state index is 13.8. The minimum absolute atomic E-state index is 0.123. The van der Waals surface area contributed by atoms with Gasteiger partial charge in [0.15, 0.2) is 6.67 Å². The van der Waals surface area contributed by atoms with Gasteiger partial charge in [0, 0.05) is 29.8 Å². The van der Waals surface area contributed by atoms with Gasteiger partial charge in [-0.3, -0.25) is 9.55 Å². The molecule has 0 aliphatic carbocycles. The van der Waals surface area contributed by atoms with Crippen molar-refractivity contribution in [1.29, 1.82) is 0 Å². The van der Waals surface area contributed by atoms with Gasteiger partial charge < -0.3 is 0 Å². The second kappa shape index (κ2) is 6.78. The standard InChI is InChI=1S/C17H15F3N4O2S/c1-11-6-12(8-22-7-11)16-23-15(17(19,20)10-18)9-24(16)13-2-4-14(5-3-13)27(21,25)26/h2-9H,10H2,1H3,(H2,21,25,26). The third-order valence-electron chi connectivity index (χ3n) is 3.83. The Morgan fingerprint density at radius 3 is 2.41 bits per heavy atom. The number of hydrogen-bond acceptors (Lipinski definition) is 4. The molecule has 2 N–H and O–H groups in total. The van der Waals surface area contributed by atoms with E-state index in [9.17, 15) is 21.6 Å². The molecule has 0 fully saturated rings. The van der Waals surface area contributed by atoms with Crippen molar-refractivity contribution in [2.24, 2.45) is 5.14 Å². The zero-order valence-corrected chi connectivity index (χ0v) is 14.9. The highest BCUT2D eigenvalue weighted by atomic mass is 32.2. The second-order valence-electron chi connectivity index (χ2n) is 5.95. The highest BCUT2D eigenvalue weighted by Crippen LogP contribution is 2.32. The van der Waals surface area contributed by atoms with Crippen LogP contribution in [-0.2, 0) is 15.9 Å². The van der Waals surface area contributed by atoms with Crippen LogP contribution in [0.2, 0.25) is 0 Å². The molecule has 0 aliphatic rings. The Bertz CT molecular complexity index is 1080. The van der Waals surface area contributed by atoms with Gasteiger partial charge in [-0.2, -0.15) is 8.78 Å². The van der Waals surface area contributed by atoms with Gasteiger partial charge in [0.1, 0.15) is 11.5 Å². The molecule has 0 unspecified atom stereocenters. The predicted molar refractivity (Wildman–Crippen MR) is 92.8 cm³/mol. The summed E-state index contributed by atoms with van der Waals surface area (Å²) >= 11 is 0. The Morgan fingerprint density at radius 2 is 1.85 bits per heavy atom. The lowest BCUT2D eigenvalue weighted by atomic mass is 10.2. The number of hydrogen-bond donors (Lipinski definition) is 1. The quantitative estimate of drug-likeness (QED) is 0.718. The van der Waals surface area contributed by atoms with Crippen LogP contribution in [0.4, 0.5) is 13.2 Å². The van der Waals surface area contributed by atoms with E-state index in [1.54, 1.807) is 19.2 Å². The number of pyridine rings is 1. The highest BCUT2D eigenvalue weighted by molar-refractivity contribution is 7.89. The molecule has 1 aromatic carbocycles. The van der Waals surface area contributed by atoms with E-state index in [0.29, 0.717) is 11.3 Å². The summed E-state index contributed by atoms with van der Waals surface area (Å²) in [4.78, 5) is 7.80. The molecule has 2 aromatic heterocycles. The van der Waals surface area contributed by atoms with Crippen LogP contribution >= 0.6 is 0 Å². The summed E-state index contributed by atoms with van der Waals surface area (Å²) < 4.78 is 64.6. The molecule has 0 radical (unpaired) electrons. The number of nitrogens with two attached hydrogens (primary N) is 1. The average Bonchev–Trinajstić information content (AvgIpc) is 3.07. The van der Waals surface area contributed by atoms with Crippen molar-refractivity contribution in [1.82, 2.24) is 14.5 Å². The van der Waals surface area contributed by atoms with Crippen molar-refractivity contribution < 1.29 is 21.6 Å². The van der Waals surface area contributed by atoms with E-state index in [4.69, 9.17) is 5.14 Å². The number of nitrogens with zero attached hydrogens (tertiary/aromatic N) is 3. The minimum Gasteiger partial charge on any atom is -0.299 e. The molecule has 0 saturated heterocycles. The molecule has 3 rings (SSSR count). The van der Waals surface area contributed by atoms with E-state index in [-0.39, 0.29) is 10.7 Å². The summed E-state index contributed by atoms with van der Waals surface area (Å²) in [5.41, 5.74) is 0.848. The van der Waals surface area contributed by atoms with Crippen molar-refractivity contribution in [3.63, 3.8) is 0 Å². The van der Waals surface area contributed by atoms with E-state index < -0.39 is 28.3 Å². The third kappa shape index (κ3) is 3.86. The molecule has 0 amide bonds. The highest BCUT2D eigenvalue weighted by Gasteiger charge is 2.36. The number of halogens is 3. The topological polar surface area (TPSA) is 90.9 Å². The van der Waals surface area contributed by atoms with Gasteiger partial charge in [0.2, 0.25) is 10.0 Å². The van der Waals surface area contributed by atoms with Crippen molar-refractivity contribution >= 4 is 10.0 Å². The van der Waals surface area contributed by atoms with Crippen molar-refractivity contribution in [2.45, 2.75) is 17.7 Å². The van der Waals surface area contributed by atoms with Crippen molar-refractivity contribution in [3.05, 3.63) is 60.2 Å². The first-order valence-corrected chi connectivity index (χ1v) is 9.25. The molecular formula is C17H15F3N4O2S. The number of sulfonamides is 1. The summed E-state index contributed by atoms with van der Waals surface area (Å²) in [5, 5.41) is 5.07. The fraction of sp³-hybridized carbons (Fsp3) is 0.176. The summed E-state index contributed by atoms with van der Waals surface area (Å²) in [5.74, 6) is -3.63. The lowest BCUT2D eigenvalue weighted by molar-refractivity contribution is -0.0318. The maximum absolute atomic E-state index is 13.8. The van der Waals surface area contributed by atoms with E-state index in [2.05, 4.69) is 9.97 Å². The Balaban J connectivity index is 2.18. The number of primary sulfonamides is 1. The smallest absolute Gasteiger partial charge is 0.299 e. The zero-order valence-electron chi connectivity index (χ0n) is 14.1. The SMILES string of the molecule is Cc1cncc(-c2nc(C(F)(F)CF)cn2-c2ccc(S(N)(=O)=O)cc2)c1. The van der Waals surface area contributed by atoms with Gasteiger partial charge in [-0.15, -0.1) is 0 Å². The van der Waals surface area contributed by atoms with Gasteiger partial charge in [-0.05, 0) is 42.8 Å². The Kier molecular flexibility index (Phi) is 4.79. The maximum Gasteiger partial charge on any atom is 0.318 e. The van der Waals surface area contributed by atoms with Gasteiger partial charge >= 0.3 is 5.92 Å². The molecule has 2 heterocycles. The number of benzene rings is 1. The molecular weight excluding hydrogens is 381 g/mol. The zero-order chi connectivity index (χ0) is 19.8. The minimum atomic E-state index is -3.90. The number of rotatable bonds is 5. The van der Waals surface area contributed by atoms with Gasteiger partial charge in [0.05, 0.1) is 4.90 Å². The number of imidazole rings is 1. The summed E-state index contributed by atoms with van der Waals surface area (Å²) in [6, 6.07) is 6.98. The Labute approximate surface area is 153 Å². The molecule has 0 atom stereocenters. The van der Waals surface area contributed by atoms with Crippen LogP contribution < -0.4 is 5.14 Å². The fourth-order valence-electron chi connectivity index (χ4n) is 2.50. The molecule has 142 valence electrons. The van der Waals surface area contributed by atoms with Crippen LogP contribution in [0.3, 0.4) is 0 Å². The van der Waals surface area contributed by atoms with Crippen LogP contribution in [0.5, 0.6) is 0 Å². The predicted octanol–water partition coefficient (Wildman–Crippen LogP) is 2.95. The first kappa shape index (κ1) is 19.1. The Hall–Kier alpha value is -2.72. The molecule has 10 heteroatoms. The van der Waals surface area contributed by atoms with Crippen molar-refractivity contribution in [2.75, 3.05) is 6.67 Å². The van der Waals surface area contributed by atoms with Gasteiger partial charge in [-0.25, -0.2) is 22.9 Å². The van der Waals surface area contributed by atoms with Crippen LogP contribution in [0.15, 0.2) is 53.8 Å². The monoisotopic (exact) mass is 396 g/mol. The van der Waals surface area contributed by atoms with Crippen LogP contribution in [0.25, 0.3) is 17.1 Å². The van der Waals surface area contributed by atoms with Crippen LogP contribution in [-0.4, -0.2) is 29.6 Å². The van der Waals surface area contributed by atoms with Crippen molar-refractivity contribution in [3.8, 4) is 17.1 Å². The Morgan fingerprint density at radius 1 is 1.19 bits per heavy atom. The van der Waals surface area contributed by atoms with Gasteiger partial charge in [0.25, 0.3) is 0 Å². The first-order valence-electron chi connectivity index (χ1n) is 7.71. The molecule has 27 heavy (non-hydrogen) atoms. The second-order valence-corrected chi connectivity index (χ2v) is 7.51. The van der Waals surface area contributed by atoms with E-state index in [1.807, 2.05) is 0 Å². The fourth-order valence-corrected chi connectivity index (χ4v) is 3.01. The van der Waals surface area contributed by atoms with Crippen LogP contribution in [0, 0.1) is 6.92 Å². The van der Waals surface area contributed by atoms with E-state index in [0.717, 1.165) is 11.8 Å². The molecule has 3 aromatic rings. The first-order chi connectivity index (χ1) is 12.6. The molecule has 0 aliphatic heterocycles. The number of alkyl halides is 3. The van der Waals surface area contributed by atoms with E-state index >= 15 is 0 Å².